The van der Waals surface area contributed by atoms with E-state index in [2.05, 4.69) is 20.7 Å². The van der Waals surface area contributed by atoms with Gasteiger partial charge in [0.2, 0.25) is 5.69 Å². The summed E-state index contributed by atoms with van der Waals surface area (Å²) in [6.45, 7) is 1.89. The number of ether oxygens (including phenoxy) is 1. The second kappa shape index (κ2) is 7.55. The monoisotopic (exact) mass is 399 g/mol. The fourth-order valence-electron chi connectivity index (χ4n) is 2.91. The minimum absolute atomic E-state index is 0.0645. The van der Waals surface area contributed by atoms with Crippen LogP contribution in [0.25, 0.3) is 5.69 Å². The van der Waals surface area contributed by atoms with E-state index in [9.17, 15) is 9.59 Å². The van der Waals surface area contributed by atoms with Crippen molar-refractivity contribution in [2.75, 3.05) is 12.9 Å². The highest BCUT2D eigenvalue weighted by Gasteiger charge is 2.38. The van der Waals surface area contributed by atoms with Gasteiger partial charge in [0.25, 0.3) is 0 Å². The largest absolute Gasteiger partial charge is 0.461 e. The van der Waals surface area contributed by atoms with E-state index in [0.29, 0.717) is 11.3 Å². The summed E-state index contributed by atoms with van der Waals surface area (Å²) in [5.41, 5.74) is 1.32. The molecule has 144 valence electrons. The Morgan fingerprint density at radius 3 is 2.82 bits per heavy atom. The summed E-state index contributed by atoms with van der Waals surface area (Å²) in [6, 6.07) is 5.27. The number of benzene rings is 1. The van der Waals surface area contributed by atoms with Crippen LogP contribution in [0.5, 0.6) is 0 Å². The molecule has 2 heterocycles. The molecule has 4 rings (SSSR count). The summed E-state index contributed by atoms with van der Waals surface area (Å²) in [5, 5.41) is 15.0. The van der Waals surface area contributed by atoms with E-state index in [1.54, 1.807) is 19.1 Å². The van der Waals surface area contributed by atoms with Gasteiger partial charge in [-0.05, 0) is 54.6 Å². The van der Waals surface area contributed by atoms with Crippen molar-refractivity contribution >= 4 is 23.5 Å². The maximum Gasteiger partial charge on any atom is 0.361 e. The van der Waals surface area contributed by atoms with Crippen LogP contribution in [0.2, 0.25) is 0 Å². The number of thioether (sulfide) groups is 1. The fraction of sp³-hybridized carbons (Fsp3) is 0.333. The van der Waals surface area contributed by atoms with E-state index in [-0.39, 0.29) is 29.6 Å². The highest BCUT2D eigenvalue weighted by atomic mass is 32.2. The zero-order valence-electron chi connectivity index (χ0n) is 15.3. The van der Waals surface area contributed by atoms with Crippen LogP contribution in [-0.4, -0.2) is 50.0 Å². The number of hydrogen-bond acceptors (Lipinski definition) is 9. The lowest BCUT2D eigenvalue weighted by molar-refractivity contribution is 0.0512. The third-order valence-corrected chi connectivity index (χ3v) is 5.18. The number of nitrogens with zero attached hydrogens (tertiary/aromatic N) is 5. The summed E-state index contributed by atoms with van der Waals surface area (Å²) < 4.78 is 11.9. The molecule has 0 amide bonds. The highest BCUT2D eigenvalue weighted by Crippen LogP contribution is 2.43. The van der Waals surface area contributed by atoms with Gasteiger partial charge >= 0.3 is 5.97 Å². The normalized spacial score (nSPS) is 13.5. The predicted octanol–water partition coefficient (Wildman–Crippen LogP) is 2.66. The Bertz CT molecular complexity index is 1030. The predicted molar refractivity (Wildman–Crippen MR) is 98.8 cm³/mol. The van der Waals surface area contributed by atoms with Crippen molar-refractivity contribution in [2.45, 2.75) is 30.6 Å². The first-order valence-corrected chi connectivity index (χ1v) is 9.99. The van der Waals surface area contributed by atoms with Gasteiger partial charge in [-0.1, -0.05) is 5.16 Å². The van der Waals surface area contributed by atoms with Crippen LogP contribution in [0.3, 0.4) is 0 Å². The molecule has 0 bridgehead atoms. The summed E-state index contributed by atoms with van der Waals surface area (Å²) >= 11 is 1.42. The topological polar surface area (TPSA) is 113 Å². The maximum absolute atomic E-state index is 13.4. The summed E-state index contributed by atoms with van der Waals surface area (Å²) in [7, 11) is 0. The molecule has 2 aromatic heterocycles. The number of hydrogen-bond donors (Lipinski definition) is 0. The second-order valence-electron chi connectivity index (χ2n) is 6.23. The number of tetrazole rings is 1. The molecule has 0 N–H and O–H groups in total. The van der Waals surface area contributed by atoms with Crippen molar-refractivity contribution < 1.29 is 18.8 Å². The van der Waals surface area contributed by atoms with E-state index in [1.807, 2.05) is 12.3 Å². The third kappa shape index (κ3) is 3.31. The Kier molecular flexibility index (Phi) is 4.95. The quantitative estimate of drug-likeness (QED) is 0.336. The Morgan fingerprint density at radius 2 is 2.18 bits per heavy atom. The van der Waals surface area contributed by atoms with Crippen LogP contribution < -0.4 is 0 Å². The lowest BCUT2D eigenvalue weighted by atomic mass is 9.99. The standard InChI is InChI=1S/C18H17N5O4S/c1-3-26-18(25)15-14(17(27-20-15)10-4-5-10)16(24)12-7-6-11(8-13(12)28-2)23-9-19-21-22-23/h6-10H,3-5H2,1-2H3. The number of rotatable bonds is 7. The van der Waals surface area contributed by atoms with Crippen molar-refractivity contribution in [3.63, 3.8) is 0 Å². The molecule has 0 aliphatic heterocycles. The SMILES string of the molecule is CCOC(=O)c1noc(C2CC2)c1C(=O)c1ccc(-n2cnnn2)cc1SC. The zero-order chi connectivity index (χ0) is 19.7. The van der Waals surface area contributed by atoms with E-state index < -0.39 is 5.97 Å². The lowest BCUT2D eigenvalue weighted by Gasteiger charge is -2.09. The molecule has 0 atom stereocenters. The molecule has 28 heavy (non-hydrogen) atoms. The third-order valence-electron chi connectivity index (χ3n) is 4.41. The van der Waals surface area contributed by atoms with Crippen LogP contribution in [-0.2, 0) is 4.74 Å². The molecule has 0 spiro atoms. The molecule has 1 fully saturated rings. The number of aromatic nitrogens is 5. The van der Waals surface area contributed by atoms with Gasteiger partial charge in [0.15, 0.2) is 11.5 Å². The number of ketones is 1. The summed E-state index contributed by atoms with van der Waals surface area (Å²) in [6.07, 6.45) is 5.17. The smallest absolute Gasteiger partial charge is 0.361 e. The van der Waals surface area contributed by atoms with E-state index in [4.69, 9.17) is 9.26 Å². The van der Waals surface area contributed by atoms with Gasteiger partial charge in [0.05, 0.1) is 12.3 Å². The minimum Gasteiger partial charge on any atom is -0.461 e. The Labute approximate surface area is 164 Å². The molecule has 0 saturated heterocycles. The van der Waals surface area contributed by atoms with E-state index in [0.717, 1.165) is 23.4 Å². The minimum atomic E-state index is -0.655. The number of carbonyl (C=O) groups excluding carboxylic acids is 2. The first-order chi connectivity index (χ1) is 13.6. The second-order valence-corrected chi connectivity index (χ2v) is 7.08. The van der Waals surface area contributed by atoms with Gasteiger partial charge in [-0.25, -0.2) is 9.48 Å². The van der Waals surface area contributed by atoms with Crippen molar-refractivity contribution in [1.82, 2.24) is 25.4 Å². The van der Waals surface area contributed by atoms with Gasteiger partial charge in [-0.2, -0.15) is 0 Å². The molecule has 10 heteroatoms. The first kappa shape index (κ1) is 18.4. The van der Waals surface area contributed by atoms with Crippen molar-refractivity contribution in [3.8, 4) is 5.69 Å². The van der Waals surface area contributed by atoms with E-state index in [1.165, 1.54) is 22.8 Å². The Balaban J connectivity index is 1.77. The average Bonchev–Trinajstić information content (AvgIpc) is 3.22. The number of esters is 1. The maximum atomic E-state index is 13.4. The van der Waals surface area contributed by atoms with Crippen LogP contribution >= 0.6 is 11.8 Å². The summed E-state index contributed by atoms with van der Waals surface area (Å²) in [4.78, 5) is 26.4. The van der Waals surface area contributed by atoms with Gasteiger partial charge in [-0.3, -0.25) is 4.79 Å². The lowest BCUT2D eigenvalue weighted by Crippen LogP contribution is -2.14. The molecule has 0 unspecified atom stereocenters. The van der Waals surface area contributed by atoms with E-state index >= 15 is 0 Å². The van der Waals surface area contributed by atoms with Crippen LogP contribution in [0.15, 0.2) is 33.9 Å². The zero-order valence-corrected chi connectivity index (χ0v) is 16.1. The molecule has 1 aromatic carbocycles. The average molecular weight is 399 g/mol. The summed E-state index contributed by atoms with van der Waals surface area (Å²) in [5.74, 6) is -0.381. The van der Waals surface area contributed by atoms with Crippen molar-refractivity contribution in [3.05, 3.63) is 47.1 Å². The fourth-order valence-corrected chi connectivity index (χ4v) is 3.53. The van der Waals surface area contributed by atoms with Crippen LogP contribution in [0.4, 0.5) is 0 Å². The molecule has 1 saturated carbocycles. The molecule has 1 aliphatic rings. The molecule has 1 aliphatic carbocycles. The first-order valence-electron chi connectivity index (χ1n) is 8.76. The van der Waals surface area contributed by atoms with Crippen molar-refractivity contribution in [1.29, 1.82) is 0 Å². The van der Waals surface area contributed by atoms with Gasteiger partial charge < -0.3 is 9.26 Å². The molecular formula is C18H17N5O4S. The number of carbonyl (C=O) groups is 2. The molecule has 0 radical (unpaired) electrons. The van der Waals surface area contributed by atoms with Gasteiger partial charge in [0.1, 0.15) is 11.9 Å². The molecular weight excluding hydrogens is 382 g/mol. The Hall–Kier alpha value is -3.01. The van der Waals surface area contributed by atoms with Crippen LogP contribution in [0, 0.1) is 0 Å². The van der Waals surface area contributed by atoms with Crippen molar-refractivity contribution in [2.24, 2.45) is 0 Å². The molecule has 3 aromatic rings. The Morgan fingerprint density at radius 1 is 1.36 bits per heavy atom. The van der Waals surface area contributed by atoms with Gasteiger partial charge in [0, 0.05) is 16.4 Å². The highest BCUT2D eigenvalue weighted by molar-refractivity contribution is 7.98. The van der Waals surface area contributed by atoms with Gasteiger partial charge in [-0.15, -0.1) is 16.9 Å². The molecule has 9 nitrogen and oxygen atoms in total. The van der Waals surface area contributed by atoms with Crippen LogP contribution in [0.1, 0.15) is 57.9 Å².